The van der Waals surface area contributed by atoms with Gasteiger partial charge in [-0.05, 0) is 12.1 Å². The summed E-state index contributed by atoms with van der Waals surface area (Å²) in [7, 11) is 0. The van der Waals surface area contributed by atoms with Crippen molar-refractivity contribution in [3.8, 4) is 0 Å². The number of hydrogen-bond donors (Lipinski definition) is 0. The first-order valence-corrected chi connectivity index (χ1v) is 5.47. The van der Waals surface area contributed by atoms with Crippen LogP contribution in [0.1, 0.15) is 16.8 Å². The van der Waals surface area contributed by atoms with Gasteiger partial charge in [-0.15, -0.1) is 11.6 Å². The standard InChI is InChI=1S/C9H6Cl4O/c10-2-1-8(14)9-6(12)3-5(11)4-7(9)13/h3-4H,1-2H2. The zero-order valence-corrected chi connectivity index (χ0v) is 10.0. The summed E-state index contributed by atoms with van der Waals surface area (Å²) in [5.41, 5.74) is 0.290. The molecular formula is C9H6Cl4O. The van der Waals surface area contributed by atoms with E-state index in [-0.39, 0.29) is 28.1 Å². The first kappa shape index (κ1) is 12.1. The van der Waals surface area contributed by atoms with E-state index in [2.05, 4.69) is 0 Å². The van der Waals surface area contributed by atoms with Gasteiger partial charge >= 0.3 is 0 Å². The average Bonchev–Trinajstić information content (AvgIpc) is 2.01. The van der Waals surface area contributed by atoms with E-state index >= 15 is 0 Å². The van der Waals surface area contributed by atoms with Crippen LogP contribution in [0.15, 0.2) is 12.1 Å². The molecule has 1 aromatic rings. The topological polar surface area (TPSA) is 17.1 Å². The van der Waals surface area contributed by atoms with Crippen LogP contribution in [-0.4, -0.2) is 11.7 Å². The van der Waals surface area contributed by atoms with Crippen molar-refractivity contribution in [1.29, 1.82) is 0 Å². The van der Waals surface area contributed by atoms with Crippen molar-refractivity contribution in [3.05, 3.63) is 32.8 Å². The Labute approximate surface area is 102 Å². The molecule has 76 valence electrons. The number of benzene rings is 1. The lowest BCUT2D eigenvalue weighted by Crippen LogP contribution is -2.01. The Bertz CT molecular complexity index is 339. The van der Waals surface area contributed by atoms with Gasteiger partial charge in [-0.3, -0.25) is 4.79 Å². The van der Waals surface area contributed by atoms with Gasteiger partial charge in [-0.25, -0.2) is 0 Å². The number of rotatable bonds is 3. The molecule has 1 aromatic carbocycles. The van der Waals surface area contributed by atoms with Gasteiger partial charge in [0.1, 0.15) is 0 Å². The van der Waals surface area contributed by atoms with Gasteiger partial charge < -0.3 is 0 Å². The van der Waals surface area contributed by atoms with Gasteiger partial charge in [-0.1, -0.05) is 34.8 Å². The van der Waals surface area contributed by atoms with Crippen LogP contribution in [0, 0.1) is 0 Å². The quantitative estimate of drug-likeness (QED) is 0.586. The molecule has 1 rings (SSSR count). The Morgan fingerprint density at radius 2 is 1.64 bits per heavy atom. The Balaban J connectivity index is 3.14. The van der Waals surface area contributed by atoms with Crippen molar-refractivity contribution < 1.29 is 4.79 Å². The van der Waals surface area contributed by atoms with Gasteiger partial charge in [-0.2, -0.15) is 0 Å². The van der Waals surface area contributed by atoms with E-state index < -0.39 is 0 Å². The Hall–Kier alpha value is 0.0500. The van der Waals surface area contributed by atoms with Crippen molar-refractivity contribution in [1.82, 2.24) is 0 Å². The number of halogens is 4. The van der Waals surface area contributed by atoms with E-state index in [9.17, 15) is 4.79 Å². The average molecular weight is 272 g/mol. The monoisotopic (exact) mass is 270 g/mol. The van der Waals surface area contributed by atoms with Crippen molar-refractivity contribution in [2.45, 2.75) is 6.42 Å². The van der Waals surface area contributed by atoms with Crippen LogP contribution in [0.4, 0.5) is 0 Å². The van der Waals surface area contributed by atoms with E-state index in [1.807, 2.05) is 0 Å². The largest absolute Gasteiger partial charge is 0.294 e. The molecule has 0 heterocycles. The lowest BCUT2D eigenvalue weighted by atomic mass is 10.1. The van der Waals surface area contributed by atoms with Gasteiger partial charge in [0, 0.05) is 17.3 Å². The predicted molar refractivity (Wildman–Crippen MR) is 61.1 cm³/mol. The highest BCUT2D eigenvalue weighted by molar-refractivity contribution is 6.42. The summed E-state index contributed by atoms with van der Waals surface area (Å²) in [6.45, 7) is 0. The summed E-state index contributed by atoms with van der Waals surface area (Å²) in [5, 5.41) is 0.928. The molecule has 1 nitrogen and oxygen atoms in total. The Kier molecular flexibility index (Phi) is 4.52. The molecule has 0 N–H and O–H groups in total. The number of carbonyl (C=O) groups is 1. The van der Waals surface area contributed by atoms with Crippen molar-refractivity contribution in [2.75, 3.05) is 5.88 Å². The van der Waals surface area contributed by atoms with Crippen molar-refractivity contribution in [2.24, 2.45) is 0 Å². The molecule has 0 aliphatic heterocycles. The van der Waals surface area contributed by atoms with Gasteiger partial charge in [0.2, 0.25) is 0 Å². The number of carbonyl (C=O) groups excluding carboxylic acids is 1. The van der Waals surface area contributed by atoms with E-state index in [0.717, 1.165) is 0 Å². The molecule has 14 heavy (non-hydrogen) atoms. The van der Waals surface area contributed by atoms with Crippen LogP contribution in [0.3, 0.4) is 0 Å². The molecule has 0 spiro atoms. The summed E-state index contributed by atoms with van der Waals surface area (Å²) in [6.07, 6.45) is 0.211. The van der Waals surface area contributed by atoms with E-state index in [1.54, 1.807) is 0 Å². The molecule has 0 fully saturated rings. The third-order valence-electron chi connectivity index (χ3n) is 1.61. The lowest BCUT2D eigenvalue weighted by Gasteiger charge is -2.05. The van der Waals surface area contributed by atoms with E-state index in [4.69, 9.17) is 46.4 Å². The Morgan fingerprint density at radius 3 is 2.07 bits per heavy atom. The molecular weight excluding hydrogens is 266 g/mol. The van der Waals surface area contributed by atoms with Crippen LogP contribution < -0.4 is 0 Å². The molecule has 5 heteroatoms. The summed E-state index contributed by atoms with van der Waals surface area (Å²) in [5.74, 6) is 0.0698. The summed E-state index contributed by atoms with van der Waals surface area (Å²) < 4.78 is 0. The van der Waals surface area contributed by atoms with E-state index in [0.29, 0.717) is 10.6 Å². The van der Waals surface area contributed by atoms with Crippen LogP contribution in [0.2, 0.25) is 15.1 Å². The summed E-state index contributed by atoms with van der Waals surface area (Å²) in [4.78, 5) is 11.5. The number of ketones is 1. The maximum Gasteiger partial charge on any atom is 0.167 e. The Morgan fingerprint density at radius 1 is 1.14 bits per heavy atom. The first-order chi connectivity index (χ1) is 6.56. The van der Waals surface area contributed by atoms with Gasteiger partial charge in [0.05, 0.1) is 15.6 Å². The molecule has 0 atom stereocenters. The van der Waals surface area contributed by atoms with Crippen molar-refractivity contribution in [3.63, 3.8) is 0 Å². The van der Waals surface area contributed by atoms with Gasteiger partial charge in [0.25, 0.3) is 0 Å². The predicted octanol–water partition coefficient (Wildman–Crippen LogP) is 4.46. The number of Topliss-reactive ketones (excluding diaryl/α,β-unsaturated/α-hetero) is 1. The minimum Gasteiger partial charge on any atom is -0.294 e. The highest BCUT2D eigenvalue weighted by Crippen LogP contribution is 2.29. The summed E-state index contributed by atoms with van der Waals surface area (Å²) >= 11 is 22.8. The fraction of sp³-hybridized carbons (Fsp3) is 0.222. The minimum absolute atomic E-state index is 0.174. The molecule has 0 saturated heterocycles. The normalized spacial score (nSPS) is 10.3. The van der Waals surface area contributed by atoms with Crippen LogP contribution in [-0.2, 0) is 0 Å². The second kappa shape index (κ2) is 5.22. The number of hydrogen-bond acceptors (Lipinski definition) is 1. The highest BCUT2D eigenvalue weighted by atomic mass is 35.5. The van der Waals surface area contributed by atoms with Crippen LogP contribution >= 0.6 is 46.4 Å². The smallest absolute Gasteiger partial charge is 0.167 e. The molecule has 0 bridgehead atoms. The maximum absolute atomic E-state index is 11.5. The zero-order chi connectivity index (χ0) is 10.7. The maximum atomic E-state index is 11.5. The first-order valence-electron chi connectivity index (χ1n) is 3.80. The molecule has 0 radical (unpaired) electrons. The lowest BCUT2D eigenvalue weighted by molar-refractivity contribution is 0.0989. The van der Waals surface area contributed by atoms with Crippen LogP contribution in [0.5, 0.6) is 0 Å². The molecule has 0 saturated carbocycles. The van der Waals surface area contributed by atoms with Crippen LogP contribution in [0.25, 0.3) is 0 Å². The van der Waals surface area contributed by atoms with Gasteiger partial charge in [0.15, 0.2) is 5.78 Å². The second-order valence-corrected chi connectivity index (χ2v) is 4.24. The molecule has 0 aromatic heterocycles. The molecule has 0 amide bonds. The fourth-order valence-electron chi connectivity index (χ4n) is 1.02. The minimum atomic E-state index is -0.174. The summed E-state index contributed by atoms with van der Waals surface area (Å²) in [6, 6.07) is 2.97. The zero-order valence-electron chi connectivity index (χ0n) is 6.99. The molecule has 0 aliphatic rings. The third-order valence-corrected chi connectivity index (χ3v) is 2.61. The van der Waals surface area contributed by atoms with E-state index in [1.165, 1.54) is 12.1 Å². The second-order valence-electron chi connectivity index (χ2n) is 2.61. The number of alkyl halides is 1. The molecule has 0 aliphatic carbocycles. The SMILES string of the molecule is O=C(CCCl)c1c(Cl)cc(Cl)cc1Cl. The third kappa shape index (κ3) is 2.77. The fourth-order valence-corrected chi connectivity index (χ4v) is 2.22. The van der Waals surface area contributed by atoms with Crippen molar-refractivity contribution >= 4 is 52.2 Å². The highest BCUT2D eigenvalue weighted by Gasteiger charge is 2.14. The molecule has 0 unspecified atom stereocenters.